The molecule has 6 nitrogen and oxygen atoms in total. The van der Waals surface area contributed by atoms with Crippen LogP contribution in [-0.2, 0) is 16.1 Å². The number of hydrogen-bond donors (Lipinski definition) is 0. The Morgan fingerprint density at radius 3 is 2.62 bits per heavy atom. The van der Waals surface area contributed by atoms with Crippen LogP contribution < -0.4 is 0 Å². The van der Waals surface area contributed by atoms with E-state index in [1.165, 1.54) is 12.1 Å². The average Bonchev–Trinajstić information content (AvgIpc) is 2.37. The molecule has 0 radical (unpaired) electrons. The van der Waals surface area contributed by atoms with E-state index in [2.05, 4.69) is 0 Å². The van der Waals surface area contributed by atoms with E-state index in [1.54, 1.807) is 11.8 Å². The highest BCUT2D eigenvalue weighted by molar-refractivity contribution is 5.71. The first-order chi connectivity index (χ1) is 9.83. The van der Waals surface area contributed by atoms with Crippen LogP contribution in [0.5, 0.6) is 0 Å². The third-order valence-corrected chi connectivity index (χ3v) is 2.91. The molecule has 21 heavy (non-hydrogen) atoms. The highest BCUT2D eigenvalue weighted by atomic mass is 19.1. The van der Waals surface area contributed by atoms with Gasteiger partial charge in [0.15, 0.2) is 0 Å². The topological polar surface area (TPSA) is 72.7 Å². The molecule has 0 saturated heterocycles. The maximum atomic E-state index is 13.4. The number of nitrogens with zero attached hydrogens (tertiary/aromatic N) is 2. The second kappa shape index (κ2) is 7.68. The summed E-state index contributed by atoms with van der Waals surface area (Å²) in [5.74, 6) is -1.05. The lowest BCUT2D eigenvalue weighted by molar-refractivity contribution is -0.385. The lowest BCUT2D eigenvalue weighted by Gasteiger charge is -2.25. The Balaban J connectivity index is 2.88. The smallest absolute Gasteiger partial charge is 0.320 e. The lowest BCUT2D eigenvalue weighted by Crippen LogP contribution is -2.36. The van der Waals surface area contributed by atoms with Gasteiger partial charge in [0.1, 0.15) is 5.82 Å². The van der Waals surface area contributed by atoms with E-state index in [0.717, 1.165) is 6.07 Å². The Hall–Kier alpha value is -2.02. The van der Waals surface area contributed by atoms with Crippen LogP contribution in [0.4, 0.5) is 10.1 Å². The number of rotatable bonds is 7. The number of halogens is 1. The van der Waals surface area contributed by atoms with Crippen LogP contribution in [0.2, 0.25) is 0 Å². The van der Waals surface area contributed by atoms with Crippen molar-refractivity contribution in [2.45, 2.75) is 33.4 Å². The lowest BCUT2D eigenvalue weighted by atomic mass is 10.1. The van der Waals surface area contributed by atoms with Crippen molar-refractivity contribution in [1.82, 2.24) is 4.90 Å². The molecule has 0 fully saturated rings. The van der Waals surface area contributed by atoms with Crippen LogP contribution in [0.25, 0.3) is 0 Å². The fraction of sp³-hybridized carbons (Fsp3) is 0.500. The number of non-ortho nitro benzene ring substituents is 1. The van der Waals surface area contributed by atoms with Gasteiger partial charge in [0.25, 0.3) is 5.69 Å². The summed E-state index contributed by atoms with van der Waals surface area (Å²) in [5.41, 5.74) is 0.143. The molecular weight excluding hydrogens is 279 g/mol. The summed E-state index contributed by atoms with van der Waals surface area (Å²) in [4.78, 5) is 23.4. The highest BCUT2D eigenvalue weighted by Gasteiger charge is 2.17. The summed E-state index contributed by atoms with van der Waals surface area (Å²) in [6.45, 7) is 6.05. The van der Waals surface area contributed by atoms with Gasteiger partial charge in [-0.15, -0.1) is 0 Å². The maximum absolute atomic E-state index is 13.4. The molecule has 0 spiro atoms. The van der Waals surface area contributed by atoms with Gasteiger partial charge in [0.05, 0.1) is 24.1 Å². The summed E-state index contributed by atoms with van der Waals surface area (Å²) in [6, 6.07) is 3.42. The van der Waals surface area contributed by atoms with Gasteiger partial charge in [0, 0.05) is 18.7 Å². The quantitative estimate of drug-likeness (QED) is 0.439. The van der Waals surface area contributed by atoms with E-state index in [0.29, 0.717) is 5.56 Å². The van der Waals surface area contributed by atoms with E-state index < -0.39 is 10.7 Å². The van der Waals surface area contributed by atoms with Crippen LogP contribution in [-0.4, -0.2) is 35.0 Å². The molecule has 7 heteroatoms. The van der Waals surface area contributed by atoms with Crippen molar-refractivity contribution in [2.75, 3.05) is 13.2 Å². The highest BCUT2D eigenvalue weighted by Crippen LogP contribution is 2.18. The molecule has 0 N–H and O–H groups in total. The van der Waals surface area contributed by atoms with E-state index in [9.17, 15) is 19.3 Å². The Morgan fingerprint density at radius 2 is 2.10 bits per heavy atom. The van der Waals surface area contributed by atoms with Gasteiger partial charge in [0.2, 0.25) is 0 Å². The van der Waals surface area contributed by atoms with Crippen LogP contribution in [0.3, 0.4) is 0 Å². The van der Waals surface area contributed by atoms with E-state index >= 15 is 0 Å². The molecule has 1 aromatic carbocycles. The molecule has 0 unspecified atom stereocenters. The largest absolute Gasteiger partial charge is 0.465 e. The second-order valence-electron chi connectivity index (χ2n) is 4.88. The Morgan fingerprint density at radius 1 is 1.43 bits per heavy atom. The predicted molar refractivity (Wildman–Crippen MR) is 75.2 cm³/mol. The van der Waals surface area contributed by atoms with E-state index in [1.807, 2.05) is 13.8 Å². The fourth-order valence-corrected chi connectivity index (χ4v) is 1.86. The molecule has 0 aromatic heterocycles. The number of benzene rings is 1. The minimum absolute atomic E-state index is 0.0109. The summed E-state index contributed by atoms with van der Waals surface area (Å²) in [5, 5.41) is 10.7. The first kappa shape index (κ1) is 17.0. The zero-order valence-electron chi connectivity index (χ0n) is 12.3. The van der Waals surface area contributed by atoms with Gasteiger partial charge < -0.3 is 4.74 Å². The molecule has 1 rings (SSSR count). The summed E-state index contributed by atoms with van der Waals surface area (Å²) < 4.78 is 18.3. The SMILES string of the molecule is CCOC(=O)CN(Cc1cc(F)cc([N+](=O)[O-])c1)C(C)C. The van der Waals surface area contributed by atoms with Crippen molar-refractivity contribution >= 4 is 11.7 Å². The van der Waals surface area contributed by atoms with Gasteiger partial charge in [-0.05, 0) is 32.4 Å². The summed E-state index contributed by atoms with van der Waals surface area (Å²) >= 11 is 0. The zero-order valence-corrected chi connectivity index (χ0v) is 12.3. The third kappa shape index (κ3) is 5.47. The molecule has 0 heterocycles. The summed E-state index contributed by atoms with van der Waals surface area (Å²) in [7, 11) is 0. The molecule has 116 valence electrons. The molecule has 0 aliphatic carbocycles. The minimum atomic E-state index is -0.668. The average molecular weight is 298 g/mol. The maximum Gasteiger partial charge on any atom is 0.320 e. The van der Waals surface area contributed by atoms with Crippen molar-refractivity contribution in [3.05, 3.63) is 39.7 Å². The first-order valence-electron chi connectivity index (χ1n) is 6.67. The Bertz CT molecular complexity index is 520. The van der Waals surface area contributed by atoms with Crippen molar-refractivity contribution in [3.63, 3.8) is 0 Å². The van der Waals surface area contributed by atoms with Crippen LogP contribution in [0, 0.1) is 15.9 Å². The molecule has 1 aromatic rings. The monoisotopic (exact) mass is 298 g/mol. The van der Waals surface area contributed by atoms with Crippen molar-refractivity contribution < 1.29 is 18.8 Å². The van der Waals surface area contributed by atoms with Gasteiger partial charge in [-0.25, -0.2) is 4.39 Å². The molecule has 0 atom stereocenters. The number of esters is 1. The van der Waals surface area contributed by atoms with Gasteiger partial charge in [-0.1, -0.05) is 0 Å². The fourth-order valence-electron chi connectivity index (χ4n) is 1.86. The summed E-state index contributed by atoms with van der Waals surface area (Å²) in [6.07, 6.45) is 0. The second-order valence-corrected chi connectivity index (χ2v) is 4.88. The van der Waals surface area contributed by atoms with E-state index in [-0.39, 0.29) is 37.4 Å². The van der Waals surface area contributed by atoms with Crippen LogP contribution in [0.1, 0.15) is 26.3 Å². The van der Waals surface area contributed by atoms with Crippen molar-refractivity contribution in [3.8, 4) is 0 Å². The first-order valence-corrected chi connectivity index (χ1v) is 6.67. The number of hydrogen-bond acceptors (Lipinski definition) is 5. The number of carbonyl (C=O) groups excluding carboxylic acids is 1. The number of carbonyl (C=O) groups is 1. The molecule has 0 bridgehead atoms. The molecule has 0 aliphatic heterocycles. The van der Waals surface area contributed by atoms with Crippen molar-refractivity contribution in [1.29, 1.82) is 0 Å². The van der Waals surface area contributed by atoms with Crippen LogP contribution >= 0.6 is 0 Å². The number of ether oxygens (including phenoxy) is 1. The molecule has 0 aliphatic rings. The minimum Gasteiger partial charge on any atom is -0.465 e. The van der Waals surface area contributed by atoms with E-state index in [4.69, 9.17) is 4.74 Å². The molecular formula is C14H19FN2O4. The normalized spacial score (nSPS) is 11.0. The van der Waals surface area contributed by atoms with Gasteiger partial charge >= 0.3 is 5.97 Å². The Kier molecular flexibility index (Phi) is 6.23. The standard InChI is InChI=1S/C14H19FN2O4/c1-4-21-14(18)9-16(10(2)3)8-11-5-12(15)7-13(6-11)17(19)20/h5-7,10H,4,8-9H2,1-3H3. The predicted octanol–water partition coefficient (Wildman–Crippen LogP) is 2.51. The van der Waals surface area contributed by atoms with Gasteiger partial charge in [-0.2, -0.15) is 0 Å². The molecule has 0 saturated carbocycles. The third-order valence-electron chi connectivity index (χ3n) is 2.91. The van der Waals surface area contributed by atoms with Gasteiger partial charge in [-0.3, -0.25) is 19.8 Å². The Labute approximate surface area is 122 Å². The zero-order chi connectivity index (χ0) is 16.0. The molecule has 0 amide bonds. The van der Waals surface area contributed by atoms with Crippen LogP contribution in [0.15, 0.2) is 18.2 Å². The van der Waals surface area contributed by atoms with Crippen molar-refractivity contribution in [2.24, 2.45) is 0 Å². The number of nitro benzene ring substituents is 1. The number of nitro groups is 1.